The number of hydrogen-bond donors (Lipinski definition) is 0. The zero-order valence-electron chi connectivity index (χ0n) is 22.5. The molecule has 0 bridgehead atoms. The van der Waals surface area contributed by atoms with Crippen molar-refractivity contribution in [2.24, 2.45) is 5.41 Å². The van der Waals surface area contributed by atoms with Gasteiger partial charge in [-0.1, -0.05) is 48.9 Å². The summed E-state index contributed by atoms with van der Waals surface area (Å²) >= 11 is 0. The van der Waals surface area contributed by atoms with Crippen molar-refractivity contribution >= 4 is 22.8 Å². The third-order valence-electron chi connectivity index (χ3n) is 9.26. The number of rotatable bonds is 7. The number of fused-ring (bicyclic) bond motifs is 1. The van der Waals surface area contributed by atoms with E-state index < -0.39 is 0 Å². The summed E-state index contributed by atoms with van der Waals surface area (Å²) in [6.07, 6.45) is 7.53. The second kappa shape index (κ2) is 10.5. The summed E-state index contributed by atoms with van der Waals surface area (Å²) < 4.78 is 1.98. The van der Waals surface area contributed by atoms with E-state index in [1.807, 2.05) is 58.9 Å². The summed E-state index contributed by atoms with van der Waals surface area (Å²) in [5.41, 5.74) is 3.21. The second-order valence-corrected chi connectivity index (χ2v) is 11.5. The summed E-state index contributed by atoms with van der Waals surface area (Å²) in [5.74, 6) is 0.257. The molecule has 1 saturated carbocycles. The molecule has 3 fully saturated rings. The average Bonchev–Trinajstić information content (AvgIpc) is 3.48. The largest absolute Gasteiger partial charge is 0.341 e. The van der Waals surface area contributed by atoms with Gasteiger partial charge in [0, 0.05) is 38.8 Å². The Morgan fingerprint density at radius 2 is 1.68 bits per heavy atom. The van der Waals surface area contributed by atoms with Crippen LogP contribution in [0.3, 0.4) is 0 Å². The van der Waals surface area contributed by atoms with Gasteiger partial charge in [0.2, 0.25) is 11.7 Å². The van der Waals surface area contributed by atoms with Gasteiger partial charge in [0.1, 0.15) is 6.54 Å². The maximum atomic E-state index is 13.8. The third-order valence-corrected chi connectivity index (χ3v) is 9.26. The van der Waals surface area contributed by atoms with Crippen molar-refractivity contribution < 1.29 is 9.59 Å². The lowest BCUT2D eigenvalue weighted by atomic mass is 9.77. The summed E-state index contributed by atoms with van der Waals surface area (Å²) in [6, 6.07) is 18.8. The van der Waals surface area contributed by atoms with Gasteiger partial charge in [0.15, 0.2) is 0 Å². The van der Waals surface area contributed by atoms with Crippen molar-refractivity contribution in [2.75, 3.05) is 39.3 Å². The van der Waals surface area contributed by atoms with Crippen LogP contribution >= 0.6 is 0 Å². The molecule has 0 atom stereocenters. The number of likely N-dealkylation sites (tertiary alicyclic amines) is 2. The molecule has 200 valence electrons. The first-order valence-electron chi connectivity index (χ1n) is 14.4. The highest BCUT2D eigenvalue weighted by Gasteiger charge is 2.44. The fourth-order valence-electron chi connectivity index (χ4n) is 6.57. The van der Waals surface area contributed by atoms with Crippen molar-refractivity contribution in [3.63, 3.8) is 0 Å². The van der Waals surface area contributed by atoms with Crippen LogP contribution in [0.2, 0.25) is 0 Å². The molecule has 3 aromatic rings. The highest BCUT2D eigenvalue weighted by molar-refractivity contribution is 5.97. The molecule has 7 nitrogen and oxygen atoms in total. The van der Waals surface area contributed by atoms with Crippen molar-refractivity contribution in [1.29, 1.82) is 0 Å². The van der Waals surface area contributed by atoms with Crippen LogP contribution in [0.5, 0.6) is 0 Å². The molecular weight excluding hydrogens is 474 g/mol. The second-order valence-electron chi connectivity index (χ2n) is 11.5. The van der Waals surface area contributed by atoms with E-state index in [2.05, 4.69) is 17.0 Å². The number of benzene rings is 2. The quantitative estimate of drug-likeness (QED) is 0.470. The molecule has 2 amide bonds. The molecule has 2 saturated heterocycles. The molecule has 3 aliphatic rings. The molecule has 1 aromatic heterocycles. The molecular formula is C31H39N5O2. The Kier molecular flexibility index (Phi) is 6.95. The van der Waals surface area contributed by atoms with Crippen LogP contribution in [-0.4, -0.2) is 81.4 Å². The number of piperidine rings is 1. The van der Waals surface area contributed by atoms with E-state index in [-0.39, 0.29) is 18.4 Å². The molecule has 3 heterocycles. The molecule has 2 aromatic carbocycles. The Labute approximate surface area is 225 Å². The van der Waals surface area contributed by atoms with E-state index in [1.54, 1.807) is 4.90 Å². The van der Waals surface area contributed by atoms with E-state index in [0.29, 0.717) is 24.3 Å². The van der Waals surface area contributed by atoms with Crippen LogP contribution < -0.4 is 0 Å². The molecule has 38 heavy (non-hydrogen) atoms. The number of amides is 2. The van der Waals surface area contributed by atoms with Crippen molar-refractivity contribution in [2.45, 2.75) is 58.0 Å². The van der Waals surface area contributed by atoms with E-state index in [0.717, 1.165) is 48.6 Å². The van der Waals surface area contributed by atoms with E-state index in [9.17, 15) is 9.59 Å². The van der Waals surface area contributed by atoms with Gasteiger partial charge < -0.3 is 14.4 Å². The first kappa shape index (κ1) is 25.1. The maximum absolute atomic E-state index is 13.8. The van der Waals surface area contributed by atoms with Gasteiger partial charge in [0.25, 0.3) is 5.91 Å². The third kappa shape index (κ3) is 4.84. The molecule has 0 N–H and O–H groups in total. The molecule has 7 heteroatoms. The van der Waals surface area contributed by atoms with Crippen LogP contribution in [-0.2, 0) is 11.3 Å². The summed E-state index contributed by atoms with van der Waals surface area (Å²) in [6.45, 7) is 7.09. The Morgan fingerprint density at radius 1 is 0.974 bits per heavy atom. The van der Waals surface area contributed by atoms with Gasteiger partial charge in [-0.2, -0.15) is 0 Å². The molecule has 6 rings (SSSR count). The smallest absolute Gasteiger partial charge is 0.290 e. The monoisotopic (exact) mass is 513 g/mol. The molecule has 2 aliphatic heterocycles. The van der Waals surface area contributed by atoms with Crippen molar-refractivity contribution in [3.8, 4) is 0 Å². The minimum absolute atomic E-state index is 0.0506. The standard InChI is InChI=1S/C31H39N5O2/c1-2-33(22-28(37)34-18-15-31(16-19-34)17-20-35(23-31)25-11-8-12-25)30(38)29-32-26-13-6-7-14-27(26)36(29)21-24-9-4-3-5-10-24/h3-7,9-10,13-14,25H,2,8,11-12,15-23H2,1H3. The van der Waals surface area contributed by atoms with Crippen LogP contribution in [0.4, 0.5) is 0 Å². The number of nitrogens with zero attached hydrogens (tertiary/aromatic N) is 5. The highest BCUT2D eigenvalue weighted by Crippen LogP contribution is 2.43. The van der Waals surface area contributed by atoms with E-state index in [4.69, 9.17) is 4.98 Å². The lowest BCUT2D eigenvalue weighted by molar-refractivity contribution is -0.134. The Balaban J connectivity index is 1.13. The fraction of sp³-hybridized carbons (Fsp3) is 0.516. The van der Waals surface area contributed by atoms with E-state index >= 15 is 0 Å². The zero-order valence-corrected chi connectivity index (χ0v) is 22.5. The maximum Gasteiger partial charge on any atom is 0.290 e. The number of para-hydroxylation sites is 2. The van der Waals surface area contributed by atoms with Gasteiger partial charge >= 0.3 is 0 Å². The first-order valence-corrected chi connectivity index (χ1v) is 14.4. The molecule has 0 unspecified atom stereocenters. The normalized spacial score (nSPS) is 19.7. The predicted molar refractivity (Wildman–Crippen MR) is 149 cm³/mol. The Hall–Kier alpha value is -3.19. The highest BCUT2D eigenvalue weighted by atomic mass is 16.2. The minimum atomic E-state index is -0.187. The number of aromatic nitrogens is 2. The lowest BCUT2D eigenvalue weighted by Crippen LogP contribution is -2.49. The number of likely N-dealkylation sites (N-methyl/N-ethyl adjacent to an activating group) is 1. The van der Waals surface area contributed by atoms with Gasteiger partial charge in [-0.15, -0.1) is 0 Å². The molecule has 0 radical (unpaired) electrons. The Morgan fingerprint density at radius 3 is 2.39 bits per heavy atom. The van der Waals surface area contributed by atoms with Crippen LogP contribution in [0.25, 0.3) is 11.0 Å². The van der Waals surface area contributed by atoms with Crippen molar-refractivity contribution in [1.82, 2.24) is 24.3 Å². The van der Waals surface area contributed by atoms with Crippen LogP contribution in [0.1, 0.15) is 61.6 Å². The molecule has 1 aliphatic carbocycles. The summed E-state index contributed by atoms with van der Waals surface area (Å²) in [5, 5.41) is 0. The number of imidazole rings is 1. The van der Waals surface area contributed by atoms with Crippen molar-refractivity contribution in [3.05, 3.63) is 66.0 Å². The topological polar surface area (TPSA) is 61.7 Å². The van der Waals surface area contributed by atoms with Crippen LogP contribution in [0.15, 0.2) is 54.6 Å². The van der Waals surface area contributed by atoms with Gasteiger partial charge in [0.05, 0.1) is 11.0 Å². The van der Waals surface area contributed by atoms with Crippen LogP contribution in [0, 0.1) is 5.41 Å². The predicted octanol–water partition coefficient (Wildman–Crippen LogP) is 4.41. The fourth-order valence-corrected chi connectivity index (χ4v) is 6.57. The van der Waals surface area contributed by atoms with Gasteiger partial charge in [-0.3, -0.25) is 14.5 Å². The van der Waals surface area contributed by atoms with Gasteiger partial charge in [-0.25, -0.2) is 4.98 Å². The molecule has 1 spiro atoms. The number of carbonyl (C=O) groups excluding carboxylic acids is 2. The Bertz CT molecular complexity index is 1290. The van der Waals surface area contributed by atoms with E-state index in [1.165, 1.54) is 38.8 Å². The first-order chi connectivity index (χ1) is 18.5. The summed E-state index contributed by atoms with van der Waals surface area (Å²) in [7, 11) is 0. The SMILES string of the molecule is CCN(CC(=O)N1CCC2(CC1)CCN(C1CCC1)C2)C(=O)c1nc2ccccc2n1Cc1ccccc1. The minimum Gasteiger partial charge on any atom is -0.341 e. The zero-order chi connectivity index (χ0) is 26.1. The average molecular weight is 514 g/mol. The van der Waals surface area contributed by atoms with Gasteiger partial charge in [-0.05, 0) is 68.7 Å². The number of carbonyl (C=O) groups is 2. The number of hydrogen-bond acceptors (Lipinski definition) is 4. The lowest BCUT2D eigenvalue weighted by Gasteiger charge is -2.41. The summed E-state index contributed by atoms with van der Waals surface area (Å²) in [4.78, 5) is 38.2.